The van der Waals surface area contributed by atoms with E-state index in [1.54, 1.807) is 6.92 Å². The van der Waals surface area contributed by atoms with Crippen LogP contribution in [0.25, 0.3) is 0 Å². The fourth-order valence-electron chi connectivity index (χ4n) is 2.16. The SMILES string of the molecule is Cc1cc(S(=O)(=O)Cl)ccc1C(=O)NC1CCCOC1. The van der Waals surface area contributed by atoms with Gasteiger partial charge in [0, 0.05) is 22.9 Å². The Morgan fingerprint density at radius 3 is 2.75 bits per heavy atom. The number of halogens is 1. The molecule has 1 aromatic carbocycles. The number of rotatable bonds is 3. The van der Waals surface area contributed by atoms with Gasteiger partial charge in [-0.1, -0.05) is 0 Å². The van der Waals surface area contributed by atoms with Gasteiger partial charge in [-0.3, -0.25) is 4.79 Å². The van der Waals surface area contributed by atoms with Crippen LogP contribution >= 0.6 is 10.7 Å². The molecule has 0 radical (unpaired) electrons. The highest BCUT2D eigenvalue weighted by molar-refractivity contribution is 8.13. The van der Waals surface area contributed by atoms with Crippen LogP contribution in [0.4, 0.5) is 0 Å². The van der Waals surface area contributed by atoms with E-state index in [1.165, 1.54) is 18.2 Å². The number of ether oxygens (including phenoxy) is 1. The number of nitrogens with one attached hydrogen (secondary N) is 1. The summed E-state index contributed by atoms with van der Waals surface area (Å²) in [5.74, 6) is -0.225. The highest BCUT2D eigenvalue weighted by Gasteiger charge is 2.19. The van der Waals surface area contributed by atoms with Crippen LogP contribution in [0.5, 0.6) is 0 Å². The maximum Gasteiger partial charge on any atom is 0.261 e. The minimum Gasteiger partial charge on any atom is -0.379 e. The molecule has 1 aliphatic heterocycles. The van der Waals surface area contributed by atoms with Crippen LogP contribution in [0.15, 0.2) is 23.1 Å². The Labute approximate surface area is 122 Å². The van der Waals surface area contributed by atoms with Crippen molar-refractivity contribution in [3.8, 4) is 0 Å². The van der Waals surface area contributed by atoms with Gasteiger partial charge in [0.05, 0.1) is 17.5 Å². The summed E-state index contributed by atoms with van der Waals surface area (Å²) < 4.78 is 27.8. The Balaban J connectivity index is 2.14. The van der Waals surface area contributed by atoms with Crippen molar-refractivity contribution in [1.29, 1.82) is 0 Å². The van der Waals surface area contributed by atoms with E-state index < -0.39 is 9.05 Å². The highest BCUT2D eigenvalue weighted by atomic mass is 35.7. The quantitative estimate of drug-likeness (QED) is 0.863. The van der Waals surface area contributed by atoms with Gasteiger partial charge in [0.25, 0.3) is 15.0 Å². The third-order valence-corrected chi connectivity index (χ3v) is 4.57. The summed E-state index contributed by atoms with van der Waals surface area (Å²) in [5, 5.41) is 2.89. The topological polar surface area (TPSA) is 72.5 Å². The van der Waals surface area contributed by atoms with E-state index in [1.807, 2.05) is 0 Å². The molecule has 20 heavy (non-hydrogen) atoms. The molecule has 0 saturated carbocycles. The Hall–Kier alpha value is -1.11. The Morgan fingerprint density at radius 2 is 2.20 bits per heavy atom. The molecule has 1 saturated heterocycles. The van der Waals surface area contributed by atoms with Gasteiger partial charge in [0.1, 0.15) is 0 Å². The molecule has 1 unspecified atom stereocenters. The van der Waals surface area contributed by atoms with E-state index in [9.17, 15) is 13.2 Å². The average Bonchev–Trinajstić information content (AvgIpc) is 2.38. The highest BCUT2D eigenvalue weighted by Crippen LogP contribution is 2.19. The molecule has 2 rings (SSSR count). The lowest BCUT2D eigenvalue weighted by molar-refractivity contribution is 0.0624. The molecule has 1 aliphatic rings. The van der Waals surface area contributed by atoms with Gasteiger partial charge in [-0.05, 0) is 43.5 Å². The van der Waals surface area contributed by atoms with Crippen LogP contribution < -0.4 is 5.32 Å². The molecular formula is C13H16ClNO4S. The molecule has 1 heterocycles. The van der Waals surface area contributed by atoms with Crippen LogP contribution in [-0.4, -0.2) is 33.6 Å². The minimum atomic E-state index is -3.77. The number of benzene rings is 1. The van der Waals surface area contributed by atoms with Gasteiger partial charge >= 0.3 is 0 Å². The van der Waals surface area contributed by atoms with Crippen molar-refractivity contribution >= 4 is 25.6 Å². The van der Waals surface area contributed by atoms with Crippen molar-refractivity contribution in [3.05, 3.63) is 29.3 Å². The molecule has 1 fully saturated rings. The van der Waals surface area contributed by atoms with Crippen LogP contribution in [0.2, 0.25) is 0 Å². The first-order chi connectivity index (χ1) is 9.38. The molecule has 5 nitrogen and oxygen atoms in total. The third kappa shape index (κ3) is 3.71. The van der Waals surface area contributed by atoms with E-state index in [4.69, 9.17) is 15.4 Å². The first-order valence-corrected chi connectivity index (χ1v) is 8.63. The smallest absolute Gasteiger partial charge is 0.261 e. The average molecular weight is 318 g/mol. The first-order valence-electron chi connectivity index (χ1n) is 6.32. The molecule has 1 aromatic rings. The van der Waals surface area contributed by atoms with Crippen molar-refractivity contribution in [2.24, 2.45) is 0 Å². The molecule has 7 heteroatoms. The zero-order valence-corrected chi connectivity index (χ0v) is 12.6. The van der Waals surface area contributed by atoms with Crippen molar-refractivity contribution in [2.45, 2.75) is 30.7 Å². The number of amides is 1. The van der Waals surface area contributed by atoms with E-state index in [2.05, 4.69) is 5.32 Å². The van der Waals surface area contributed by atoms with E-state index in [-0.39, 0.29) is 16.8 Å². The fraction of sp³-hybridized carbons (Fsp3) is 0.462. The number of carbonyl (C=O) groups excluding carboxylic acids is 1. The lowest BCUT2D eigenvalue weighted by atomic mass is 10.1. The van der Waals surface area contributed by atoms with Crippen molar-refractivity contribution in [2.75, 3.05) is 13.2 Å². The number of hydrogen-bond donors (Lipinski definition) is 1. The maximum absolute atomic E-state index is 12.1. The summed E-state index contributed by atoms with van der Waals surface area (Å²) in [6, 6.07) is 4.21. The van der Waals surface area contributed by atoms with E-state index >= 15 is 0 Å². The second-order valence-electron chi connectivity index (χ2n) is 4.80. The summed E-state index contributed by atoms with van der Waals surface area (Å²) in [6.07, 6.45) is 1.81. The Bertz CT molecular complexity index is 609. The Morgan fingerprint density at radius 1 is 1.45 bits per heavy atom. The van der Waals surface area contributed by atoms with E-state index in [0.717, 1.165) is 19.4 Å². The summed E-state index contributed by atoms with van der Waals surface area (Å²) in [7, 11) is 1.50. The molecule has 0 aliphatic carbocycles. The minimum absolute atomic E-state index is 0.00536. The summed E-state index contributed by atoms with van der Waals surface area (Å²) in [6.45, 7) is 2.92. The van der Waals surface area contributed by atoms with Crippen LogP contribution in [-0.2, 0) is 13.8 Å². The molecule has 1 amide bonds. The number of aryl methyl sites for hydroxylation is 1. The molecular weight excluding hydrogens is 302 g/mol. The summed E-state index contributed by atoms with van der Waals surface area (Å²) in [5.41, 5.74) is 1.01. The second kappa shape index (κ2) is 6.11. The fourth-order valence-corrected chi connectivity index (χ4v) is 3.00. The second-order valence-corrected chi connectivity index (χ2v) is 7.37. The van der Waals surface area contributed by atoms with E-state index in [0.29, 0.717) is 17.7 Å². The van der Waals surface area contributed by atoms with Gasteiger partial charge in [-0.25, -0.2) is 8.42 Å². The van der Waals surface area contributed by atoms with Gasteiger partial charge < -0.3 is 10.1 Å². The van der Waals surface area contributed by atoms with Crippen LogP contribution in [0.3, 0.4) is 0 Å². The summed E-state index contributed by atoms with van der Waals surface area (Å²) >= 11 is 0. The van der Waals surface area contributed by atoms with Gasteiger partial charge in [0.15, 0.2) is 0 Å². The maximum atomic E-state index is 12.1. The zero-order valence-electron chi connectivity index (χ0n) is 11.1. The predicted octanol–water partition coefficient (Wildman–Crippen LogP) is 1.83. The molecule has 1 N–H and O–H groups in total. The normalized spacial score (nSPS) is 19.6. The molecule has 0 spiro atoms. The molecule has 110 valence electrons. The standard InChI is InChI=1S/C13H16ClNO4S/c1-9-7-11(20(14,17)18)4-5-12(9)13(16)15-10-3-2-6-19-8-10/h4-5,7,10H,2-3,6,8H2,1H3,(H,15,16). The monoisotopic (exact) mass is 317 g/mol. The molecule has 1 atom stereocenters. The number of carbonyl (C=O) groups is 1. The molecule has 0 aromatic heterocycles. The largest absolute Gasteiger partial charge is 0.379 e. The lowest BCUT2D eigenvalue weighted by Crippen LogP contribution is -2.40. The van der Waals surface area contributed by atoms with Gasteiger partial charge in [-0.15, -0.1) is 0 Å². The van der Waals surface area contributed by atoms with Crippen molar-refractivity contribution in [3.63, 3.8) is 0 Å². The zero-order chi connectivity index (χ0) is 14.8. The Kier molecular flexibility index (Phi) is 4.67. The van der Waals surface area contributed by atoms with Crippen LogP contribution in [0.1, 0.15) is 28.8 Å². The predicted molar refractivity (Wildman–Crippen MR) is 75.5 cm³/mol. The molecule has 0 bridgehead atoms. The van der Waals surface area contributed by atoms with Gasteiger partial charge in [0.2, 0.25) is 0 Å². The van der Waals surface area contributed by atoms with Crippen LogP contribution in [0, 0.1) is 6.92 Å². The first kappa shape index (κ1) is 15.3. The lowest BCUT2D eigenvalue weighted by Gasteiger charge is -2.23. The van der Waals surface area contributed by atoms with Gasteiger partial charge in [-0.2, -0.15) is 0 Å². The summed E-state index contributed by atoms with van der Waals surface area (Å²) in [4.78, 5) is 12.1. The third-order valence-electron chi connectivity index (χ3n) is 3.22. The van der Waals surface area contributed by atoms with Crippen molar-refractivity contribution < 1.29 is 17.9 Å². The number of hydrogen-bond acceptors (Lipinski definition) is 4. The van der Waals surface area contributed by atoms with Crippen molar-refractivity contribution in [1.82, 2.24) is 5.32 Å².